The molecule has 114 valence electrons. The Labute approximate surface area is 120 Å². The molecule has 0 aliphatic heterocycles. The van der Waals surface area contributed by atoms with Gasteiger partial charge in [-0.25, -0.2) is 0 Å². The Balaban J connectivity index is 2.21. The van der Waals surface area contributed by atoms with Crippen molar-refractivity contribution in [1.82, 2.24) is 5.16 Å². The maximum Gasteiger partial charge on any atom is 0.283 e. The lowest BCUT2D eigenvalue weighted by Crippen LogP contribution is -3.11. The van der Waals surface area contributed by atoms with Gasteiger partial charge in [-0.05, 0) is 27.7 Å². The highest BCUT2D eigenvalue weighted by Gasteiger charge is 2.17. The molecule has 4 N–H and O–H groups in total. The van der Waals surface area contributed by atoms with Gasteiger partial charge in [0.25, 0.3) is 5.91 Å². The van der Waals surface area contributed by atoms with Crippen LogP contribution in [0.15, 0.2) is 10.6 Å². The summed E-state index contributed by atoms with van der Waals surface area (Å²) in [6.07, 6.45) is 1.12. The van der Waals surface area contributed by atoms with Crippen molar-refractivity contribution in [3.8, 4) is 0 Å². The molecule has 1 amide bonds. The molecule has 0 bridgehead atoms. The van der Waals surface area contributed by atoms with Crippen LogP contribution in [0, 0.1) is 6.92 Å². The van der Waals surface area contributed by atoms with Crippen LogP contribution in [0.25, 0.3) is 0 Å². The van der Waals surface area contributed by atoms with Crippen molar-refractivity contribution in [2.75, 3.05) is 31.5 Å². The van der Waals surface area contributed by atoms with Crippen molar-refractivity contribution < 1.29 is 19.5 Å². The summed E-state index contributed by atoms with van der Waals surface area (Å²) in [6.45, 7) is 12.6. The number of aryl methyl sites for hydroxylation is 1. The molecule has 1 heterocycles. The predicted molar refractivity (Wildman–Crippen MR) is 77.7 cm³/mol. The van der Waals surface area contributed by atoms with E-state index in [0.717, 1.165) is 26.1 Å². The predicted octanol–water partition coefficient (Wildman–Crippen LogP) is -0.812. The van der Waals surface area contributed by atoms with E-state index in [1.807, 2.05) is 6.92 Å². The summed E-state index contributed by atoms with van der Waals surface area (Å²) in [5.41, 5.74) is 0. The van der Waals surface area contributed by atoms with E-state index < -0.39 is 0 Å². The van der Waals surface area contributed by atoms with Crippen LogP contribution >= 0.6 is 0 Å². The summed E-state index contributed by atoms with van der Waals surface area (Å²) >= 11 is 0. The standard InChI is InChI=1S/C14H26N4O2/c1-5-18(6-2)9-7-8-15-12(4)14(19)16-13-10-11(3)20-17-13/h10,12,15H,5-9H2,1-4H3,(H,16,17,19)/p+2/t12-/m1/s1. The molecule has 0 aliphatic rings. The number of rotatable bonds is 9. The number of amides is 1. The second-order valence-corrected chi connectivity index (χ2v) is 5.19. The molecule has 0 spiro atoms. The quantitative estimate of drug-likeness (QED) is 0.519. The van der Waals surface area contributed by atoms with Crippen LogP contribution in [-0.4, -0.2) is 43.3 Å². The Bertz CT molecular complexity index is 402. The molecule has 1 rings (SSSR count). The van der Waals surface area contributed by atoms with Crippen molar-refractivity contribution in [2.45, 2.75) is 40.2 Å². The van der Waals surface area contributed by atoms with E-state index in [1.54, 1.807) is 17.9 Å². The minimum atomic E-state index is -0.112. The number of anilines is 1. The number of nitrogens with two attached hydrogens (primary N) is 1. The first kappa shape index (κ1) is 16.7. The molecule has 0 fully saturated rings. The van der Waals surface area contributed by atoms with Gasteiger partial charge in [0.15, 0.2) is 11.9 Å². The van der Waals surface area contributed by atoms with Crippen molar-refractivity contribution in [3.05, 3.63) is 11.8 Å². The Hall–Kier alpha value is -1.40. The maximum atomic E-state index is 11.9. The number of aromatic nitrogens is 1. The summed E-state index contributed by atoms with van der Waals surface area (Å²) in [7, 11) is 0. The van der Waals surface area contributed by atoms with E-state index >= 15 is 0 Å². The Morgan fingerprint density at radius 1 is 1.50 bits per heavy atom. The highest BCUT2D eigenvalue weighted by molar-refractivity contribution is 5.92. The topological polar surface area (TPSA) is 76.2 Å². The van der Waals surface area contributed by atoms with E-state index in [2.05, 4.69) is 29.6 Å². The van der Waals surface area contributed by atoms with Gasteiger partial charge in [0.1, 0.15) is 5.76 Å². The van der Waals surface area contributed by atoms with E-state index in [4.69, 9.17) is 4.52 Å². The van der Waals surface area contributed by atoms with Gasteiger partial charge in [-0.2, -0.15) is 0 Å². The first-order valence-electron chi connectivity index (χ1n) is 7.47. The first-order valence-corrected chi connectivity index (χ1v) is 7.47. The Kier molecular flexibility index (Phi) is 7.25. The zero-order valence-corrected chi connectivity index (χ0v) is 13.0. The van der Waals surface area contributed by atoms with Crippen LogP contribution in [-0.2, 0) is 4.79 Å². The normalized spacial score (nSPS) is 12.7. The van der Waals surface area contributed by atoms with Gasteiger partial charge in [-0.1, -0.05) is 5.16 Å². The molecule has 0 saturated heterocycles. The van der Waals surface area contributed by atoms with Crippen LogP contribution in [0.1, 0.15) is 33.0 Å². The highest BCUT2D eigenvalue weighted by atomic mass is 16.5. The molecular weight excluding hydrogens is 256 g/mol. The number of hydrogen-bond donors (Lipinski definition) is 3. The third-order valence-electron chi connectivity index (χ3n) is 3.55. The molecule has 1 atom stereocenters. The SMILES string of the molecule is CC[NH+](CC)CCC[NH2+][C@H](C)C(=O)Nc1cc(C)on1. The Morgan fingerprint density at radius 3 is 2.75 bits per heavy atom. The zero-order chi connectivity index (χ0) is 15.0. The van der Waals surface area contributed by atoms with Crippen LogP contribution in [0.2, 0.25) is 0 Å². The van der Waals surface area contributed by atoms with Gasteiger partial charge in [-0.15, -0.1) is 0 Å². The number of nitrogens with zero attached hydrogens (tertiary/aromatic N) is 1. The fourth-order valence-corrected chi connectivity index (χ4v) is 2.10. The summed E-state index contributed by atoms with van der Waals surface area (Å²) in [5, 5.41) is 8.58. The molecular formula is C14H28N4O2+2. The summed E-state index contributed by atoms with van der Waals surface area (Å²) in [4.78, 5) is 13.5. The molecule has 0 aliphatic carbocycles. The van der Waals surface area contributed by atoms with Crippen molar-refractivity contribution in [1.29, 1.82) is 0 Å². The zero-order valence-electron chi connectivity index (χ0n) is 13.0. The van der Waals surface area contributed by atoms with E-state index in [9.17, 15) is 4.79 Å². The molecule has 0 saturated carbocycles. The largest absolute Gasteiger partial charge is 0.360 e. The number of carbonyl (C=O) groups excluding carboxylic acids is 1. The number of nitrogens with one attached hydrogen (secondary N) is 2. The lowest BCUT2D eigenvalue weighted by molar-refractivity contribution is -0.898. The molecule has 20 heavy (non-hydrogen) atoms. The van der Waals surface area contributed by atoms with E-state index in [0.29, 0.717) is 11.6 Å². The minimum absolute atomic E-state index is 0.0338. The van der Waals surface area contributed by atoms with E-state index in [-0.39, 0.29) is 11.9 Å². The van der Waals surface area contributed by atoms with E-state index in [1.165, 1.54) is 6.54 Å². The second-order valence-electron chi connectivity index (χ2n) is 5.19. The molecule has 6 heteroatoms. The average Bonchev–Trinajstić information content (AvgIpc) is 2.84. The van der Waals surface area contributed by atoms with Gasteiger partial charge in [-0.3, -0.25) is 4.79 Å². The van der Waals surface area contributed by atoms with Crippen LogP contribution in [0.5, 0.6) is 0 Å². The lowest BCUT2D eigenvalue weighted by Gasteiger charge is -2.15. The molecule has 0 unspecified atom stereocenters. The molecule has 0 radical (unpaired) electrons. The highest BCUT2D eigenvalue weighted by Crippen LogP contribution is 2.06. The van der Waals surface area contributed by atoms with Gasteiger partial charge in [0.2, 0.25) is 0 Å². The fourth-order valence-electron chi connectivity index (χ4n) is 2.10. The molecule has 6 nitrogen and oxygen atoms in total. The van der Waals surface area contributed by atoms with Gasteiger partial charge in [0.05, 0.1) is 26.2 Å². The number of carbonyl (C=O) groups is 1. The summed E-state index contributed by atoms with van der Waals surface area (Å²) < 4.78 is 4.92. The molecule has 1 aromatic heterocycles. The first-order chi connectivity index (χ1) is 9.56. The molecule has 0 aromatic carbocycles. The Morgan fingerprint density at radius 2 is 2.20 bits per heavy atom. The summed E-state index contributed by atoms with van der Waals surface area (Å²) in [6, 6.07) is 1.60. The van der Waals surface area contributed by atoms with Gasteiger partial charge in [0, 0.05) is 12.5 Å². The number of quaternary nitrogens is 2. The van der Waals surface area contributed by atoms with Crippen LogP contribution in [0.3, 0.4) is 0 Å². The maximum absolute atomic E-state index is 11.9. The summed E-state index contributed by atoms with van der Waals surface area (Å²) in [5.74, 6) is 1.15. The van der Waals surface area contributed by atoms with Gasteiger partial charge < -0.3 is 20.1 Å². The van der Waals surface area contributed by atoms with Gasteiger partial charge >= 0.3 is 0 Å². The van der Waals surface area contributed by atoms with Crippen molar-refractivity contribution >= 4 is 11.7 Å². The molecule has 1 aromatic rings. The third-order valence-corrected chi connectivity index (χ3v) is 3.55. The fraction of sp³-hybridized carbons (Fsp3) is 0.714. The second kappa shape index (κ2) is 8.71. The van der Waals surface area contributed by atoms with Crippen LogP contribution in [0.4, 0.5) is 5.82 Å². The van der Waals surface area contributed by atoms with Crippen LogP contribution < -0.4 is 15.5 Å². The number of hydrogen-bond acceptors (Lipinski definition) is 3. The third kappa shape index (κ3) is 5.71. The van der Waals surface area contributed by atoms with Crippen molar-refractivity contribution in [2.24, 2.45) is 0 Å². The lowest BCUT2D eigenvalue weighted by atomic mass is 10.3. The van der Waals surface area contributed by atoms with Crippen molar-refractivity contribution in [3.63, 3.8) is 0 Å². The monoisotopic (exact) mass is 284 g/mol. The average molecular weight is 284 g/mol. The smallest absolute Gasteiger partial charge is 0.283 e. The minimum Gasteiger partial charge on any atom is -0.360 e.